The van der Waals surface area contributed by atoms with Crippen molar-refractivity contribution < 1.29 is 9.59 Å². The molecule has 3 aromatic rings. The highest BCUT2D eigenvalue weighted by Gasteiger charge is 2.15. The molecule has 0 unspecified atom stereocenters. The molecule has 0 fully saturated rings. The number of carbonyl (C=O) groups excluding carboxylic acids is 2. The molecule has 0 saturated heterocycles. The Morgan fingerprint density at radius 2 is 1.74 bits per heavy atom. The van der Waals surface area contributed by atoms with Crippen molar-refractivity contribution in [3.63, 3.8) is 0 Å². The topological polar surface area (TPSA) is 76.3 Å². The van der Waals surface area contributed by atoms with E-state index in [2.05, 4.69) is 11.1 Å². The molecular weight excluding hydrogens is 358 g/mol. The van der Waals surface area contributed by atoms with Crippen LogP contribution >= 0.6 is 11.3 Å². The van der Waals surface area contributed by atoms with Crippen molar-refractivity contribution in [1.82, 2.24) is 9.88 Å². The fraction of sp³-hybridized carbons (Fsp3) is 0.286. The molecule has 140 valence electrons. The third-order valence-corrected chi connectivity index (χ3v) is 5.41. The Balaban J connectivity index is 1.56. The third kappa shape index (κ3) is 5.62. The number of thiazole rings is 1. The summed E-state index contributed by atoms with van der Waals surface area (Å²) in [7, 11) is 0. The maximum atomic E-state index is 12.7. The minimum Gasteiger partial charge on any atom is -0.370 e. The van der Waals surface area contributed by atoms with Crippen molar-refractivity contribution in [2.75, 3.05) is 6.54 Å². The first kappa shape index (κ1) is 19.0. The zero-order valence-corrected chi connectivity index (χ0v) is 16.0. The first-order valence-electron chi connectivity index (χ1n) is 9.06. The van der Waals surface area contributed by atoms with Crippen LogP contribution in [0.5, 0.6) is 0 Å². The minimum absolute atomic E-state index is 0.0428. The summed E-state index contributed by atoms with van der Waals surface area (Å²) in [6, 6.07) is 17.8. The highest BCUT2D eigenvalue weighted by atomic mass is 32.1. The lowest BCUT2D eigenvalue weighted by atomic mass is 10.1. The van der Waals surface area contributed by atoms with E-state index in [1.807, 2.05) is 48.5 Å². The molecule has 0 atom stereocenters. The van der Waals surface area contributed by atoms with Crippen LogP contribution in [0.25, 0.3) is 10.2 Å². The number of nitrogens with two attached hydrogens (primary N) is 1. The zero-order chi connectivity index (χ0) is 19.1. The van der Waals surface area contributed by atoms with Gasteiger partial charge < -0.3 is 10.6 Å². The zero-order valence-electron chi connectivity index (χ0n) is 15.1. The Morgan fingerprint density at radius 3 is 2.48 bits per heavy atom. The summed E-state index contributed by atoms with van der Waals surface area (Å²) in [4.78, 5) is 30.2. The summed E-state index contributed by atoms with van der Waals surface area (Å²) in [5.74, 6) is -0.350. The normalized spacial score (nSPS) is 10.8. The van der Waals surface area contributed by atoms with E-state index < -0.39 is 5.91 Å². The van der Waals surface area contributed by atoms with Gasteiger partial charge in [0.05, 0.1) is 15.2 Å². The summed E-state index contributed by atoms with van der Waals surface area (Å²) in [5.41, 5.74) is 7.32. The van der Waals surface area contributed by atoms with Gasteiger partial charge in [0, 0.05) is 25.9 Å². The van der Waals surface area contributed by atoms with Crippen LogP contribution in [0.2, 0.25) is 0 Å². The van der Waals surface area contributed by atoms with E-state index >= 15 is 0 Å². The first-order chi connectivity index (χ1) is 13.1. The maximum Gasteiger partial charge on any atom is 0.222 e. The molecule has 0 radical (unpaired) electrons. The van der Waals surface area contributed by atoms with Gasteiger partial charge in [-0.2, -0.15) is 0 Å². The molecule has 0 spiro atoms. The number of para-hydroxylation sites is 1. The van der Waals surface area contributed by atoms with E-state index in [1.54, 1.807) is 16.2 Å². The molecule has 27 heavy (non-hydrogen) atoms. The molecule has 0 aliphatic rings. The Kier molecular flexibility index (Phi) is 6.54. The Morgan fingerprint density at radius 1 is 1.00 bits per heavy atom. The summed E-state index contributed by atoms with van der Waals surface area (Å²) >= 11 is 1.68. The average molecular weight is 382 g/mol. The highest BCUT2D eigenvalue weighted by Crippen LogP contribution is 2.23. The Labute approximate surface area is 162 Å². The van der Waals surface area contributed by atoms with Crippen molar-refractivity contribution >= 4 is 33.4 Å². The van der Waals surface area contributed by atoms with Crippen LogP contribution in [-0.2, 0) is 22.6 Å². The SMILES string of the molecule is NC(=O)CCN(Cc1ccccc1)C(=O)CCCc1nc2ccccc2s1. The number of fused-ring (bicyclic) bond motifs is 1. The van der Waals surface area contributed by atoms with Crippen molar-refractivity contribution in [1.29, 1.82) is 0 Å². The number of carbonyl (C=O) groups is 2. The molecule has 2 amide bonds. The molecule has 0 bridgehead atoms. The fourth-order valence-electron chi connectivity index (χ4n) is 2.92. The highest BCUT2D eigenvalue weighted by molar-refractivity contribution is 7.18. The van der Waals surface area contributed by atoms with E-state index in [1.165, 1.54) is 4.70 Å². The number of aryl methyl sites for hydroxylation is 1. The molecule has 1 heterocycles. The van der Waals surface area contributed by atoms with Crippen LogP contribution in [0.15, 0.2) is 54.6 Å². The lowest BCUT2D eigenvalue weighted by molar-refractivity contribution is -0.132. The number of amides is 2. The number of primary amides is 1. The average Bonchev–Trinajstić information content (AvgIpc) is 3.08. The van der Waals surface area contributed by atoms with Gasteiger partial charge in [-0.1, -0.05) is 42.5 Å². The van der Waals surface area contributed by atoms with Crippen LogP contribution in [0.1, 0.15) is 29.8 Å². The van der Waals surface area contributed by atoms with Gasteiger partial charge in [-0.3, -0.25) is 9.59 Å². The van der Waals surface area contributed by atoms with Crippen molar-refractivity contribution in [3.05, 3.63) is 65.2 Å². The van der Waals surface area contributed by atoms with E-state index in [0.29, 0.717) is 19.5 Å². The Bertz CT molecular complexity index is 875. The second-order valence-corrected chi connectivity index (χ2v) is 7.56. The van der Waals surface area contributed by atoms with E-state index in [9.17, 15) is 9.59 Å². The molecule has 2 N–H and O–H groups in total. The Hall–Kier alpha value is -2.73. The van der Waals surface area contributed by atoms with Gasteiger partial charge in [-0.15, -0.1) is 11.3 Å². The number of benzene rings is 2. The van der Waals surface area contributed by atoms with Gasteiger partial charge >= 0.3 is 0 Å². The van der Waals surface area contributed by atoms with E-state index in [-0.39, 0.29) is 12.3 Å². The maximum absolute atomic E-state index is 12.7. The van der Waals surface area contributed by atoms with Gasteiger partial charge in [0.15, 0.2) is 0 Å². The van der Waals surface area contributed by atoms with Crippen molar-refractivity contribution in [3.8, 4) is 0 Å². The number of hydrogen-bond donors (Lipinski definition) is 1. The number of rotatable bonds is 9. The lowest BCUT2D eigenvalue weighted by Gasteiger charge is -2.22. The largest absolute Gasteiger partial charge is 0.370 e. The summed E-state index contributed by atoms with van der Waals surface area (Å²) in [5, 5.41) is 1.05. The van der Waals surface area contributed by atoms with Crippen LogP contribution in [-0.4, -0.2) is 28.2 Å². The predicted octanol–water partition coefficient (Wildman–Crippen LogP) is 3.52. The number of hydrogen-bond acceptors (Lipinski definition) is 4. The lowest BCUT2D eigenvalue weighted by Crippen LogP contribution is -2.33. The van der Waals surface area contributed by atoms with E-state index in [0.717, 1.165) is 28.9 Å². The number of nitrogens with zero attached hydrogens (tertiary/aromatic N) is 2. The molecule has 0 aliphatic carbocycles. The standard InChI is InChI=1S/C21H23N3O2S/c22-19(25)13-14-24(15-16-7-2-1-3-8-16)21(26)12-6-11-20-23-17-9-4-5-10-18(17)27-20/h1-5,7-10H,6,11-15H2,(H2,22,25). The molecule has 2 aromatic carbocycles. The molecule has 0 aliphatic heterocycles. The van der Waals surface area contributed by atoms with Crippen molar-refractivity contribution in [2.24, 2.45) is 5.73 Å². The molecule has 6 heteroatoms. The molecule has 5 nitrogen and oxygen atoms in total. The van der Waals surface area contributed by atoms with Gasteiger partial charge in [0.2, 0.25) is 11.8 Å². The minimum atomic E-state index is -0.393. The quantitative estimate of drug-likeness (QED) is 0.616. The first-order valence-corrected chi connectivity index (χ1v) is 9.88. The van der Waals surface area contributed by atoms with Crippen LogP contribution < -0.4 is 5.73 Å². The van der Waals surface area contributed by atoms with Gasteiger partial charge in [-0.05, 0) is 30.5 Å². The second kappa shape index (κ2) is 9.28. The fourth-order valence-corrected chi connectivity index (χ4v) is 3.93. The summed E-state index contributed by atoms with van der Waals surface area (Å²) < 4.78 is 1.17. The van der Waals surface area contributed by atoms with Crippen LogP contribution in [0.4, 0.5) is 0 Å². The number of aromatic nitrogens is 1. The van der Waals surface area contributed by atoms with Gasteiger partial charge in [-0.25, -0.2) is 4.98 Å². The second-order valence-electron chi connectivity index (χ2n) is 6.45. The summed E-state index contributed by atoms with van der Waals surface area (Å²) in [6.07, 6.45) is 2.12. The third-order valence-electron chi connectivity index (χ3n) is 4.32. The van der Waals surface area contributed by atoms with Crippen LogP contribution in [0.3, 0.4) is 0 Å². The smallest absolute Gasteiger partial charge is 0.222 e. The van der Waals surface area contributed by atoms with Crippen molar-refractivity contribution in [2.45, 2.75) is 32.2 Å². The predicted molar refractivity (Wildman–Crippen MR) is 108 cm³/mol. The molecule has 1 aromatic heterocycles. The van der Waals surface area contributed by atoms with Gasteiger partial charge in [0.1, 0.15) is 0 Å². The molecular formula is C21H23N3O2S. The van der Waals surface area contributed by atoms with Crippen LogP contribution in [0, 0.1) is 0 Å². The summed E-state index contributed by atoms with van der Waals surface area (Å²) in [6.45, 7) is 0.846. The molecule has 3 rings (SSSR count). The van der Waals surface area contributed by atoms with Gasteiger partial charge in [0.25, 0.3) is 0 Å². The molecule has 0 saturated carbocycles. The van der Waals surface area contributed by atoms with E-state index in [4.69, 9.17) is 5.73 Å². The monoisotopic (exact) mass is 381 g/mol.